The van der Waals surface area contributed by atoms with Gasteiger partial charge in [-0.3, -0.25) is 18.9 Å². The van der Waals surface area contributed by atoms with Crippen LogP contribution < -0.4 is 5.32 Å². The number of nitrogens with one attached hydrogen (secondary N) is 1. The summed E-state index contributed by atoms with van der Waals surface area (Å²) in [5.41, 5.74) is 1.92. The van der Waals surface area contributed by atoms with Crippen LogP contribution in [0.15, 0.2) is 30.8 Å². The van der Waals surface area contributed by atoms with E-state index in [4.69, 9.17) is 14.2 Å². The first kappa shape index (κ1) is 36.4. The van der Waals surface area contributed by atoms with Crippen LogP contribution in [0.25, 0.3) is 5.57 Å². The van der Waals surface area contributed by atoms with Crippen molar-refractivity contribution in [2.24, 2.45) is 0 Å². The largest absolute Gasteiger partial charge is 0.380 e. The highest BCUT2D eigenvalue weighted by molar-refractivity contribution is 7.85. The van der Waals surface area contributed by atoms with E-state index in [2.05, 4.69) is 11.9 Å². The van der Waals surface area contributed by atoms with Crippen molar-refractivity contribution in [1.82, 2.24) is 10.2 Å². The summed E-state index contributed by atoms with van der Waals surface area (Å²) in [6.07, 6.45) is 3.62. The van der Waals surface area contributed by atoms with Gasteiger partial charge in [-0.2, -0.15) is 8.42 Å². The average Bonchev–Trinajstić information content (AvgIpc) is 2.91. The molecular formula is C29H46N2O9S. The number of ether oxygens (including phenoxy) is 3. The van der Waals surface area contributed by atoms with Gasteiger partial charge in [0.1, 0.15) is 11.8 Å². The standard InChI is InChI=1S/C29H46N2O9S/c1-5-10-23(2)25-11-8-12-26(21-25)29(34)30-27(22-41(35,36)37)28(33)13-9-17-40-20-19-39-16-7-6-15-38-18-14-31(4)24(3)32/h8,11-12,21,27H,2,5-7,9-10,13-20,22H2,1,3-4H3,(H,30,34)(H,35,36,37)/t27-/m0/s1. The highest BCUT2D eigenvalue weighted by atomic mass is 32.2. The van der Waals surface area contributed by atoms with Crippen LogP contribution in [0, 0.1) is 0 Å². The topological polar surface area (TPSA) is 149 Å². The Bertz CT molecular complexity index is 1080. The lowest BCUT2D eigenvalue weighted by Crippen LogP contribution is -2.45. The van der Waals surface area contributed by atoms with E-state index >= 15 is 0 Å². The third-order valence-corrected chi connectivity index (χ3v) is 6.93. The van der Waals surface area contributed by atoms with Gasteiger partial charge >= 0.3 is 0 Å². The fourth-order valence-electron chi connectivity index (χ4n) is 3.71. The second kappa shape index (κ2) is 20.3. The minimum absolute atomic E-state index is 0.00734. The molecule has 0 fully saturated rings. The van der Waals surface area contributed by atoms with Gasteiger partial charge in [0, 0.05) is 52.3 Å². The maximum Gasteiger partial charge on any atom is 0.267 e. The van der Waals surface area contributed by atoms with Crippen molar-refractivity contribution in [3.05, 3.63) is 42.0 Å². The summed E-state index contributed by atoms with van der Waals surface area (Å²) >= 11 is 0. The molecule has 11 nitrogen and oxygen atoms in total. The number of nitrogens with zero attached hydrogens (tertiary/aromatic N) is 1. The lowest BCUT2D eigenvalue weighted by Gasteiger charge is -2.17. The molecule has 0 aromatic heterocycles. The smallest absolute Gasteiger partial charge is 0.267 e. The molecule has 0 saturated carbocycles. The Kier molecular flexibility index (Phi) is 18.0. The second-order valence-electron chi connectivity index (χ2n) is 9.76. The molecule has 12 heteroatoms. The van der Waals surface area contributed by atoms with Crippen LogP contribution in [0.2, 0.25) is 0 Å². The fraction of sp³-hybridized carbons (Fsp3) is 0.621. The zero-order chi connectivity index (χ0) is 30.7. The highest BCUT2D eigenvalue weighted by Gasteiger charge is 2.26. The van der Waals surface area contributed by atoms with E-state index < -0.39 is 33.6 Å². The lowest BCUT2D eigenvalue weighted by molar-refractivity contribution is -0.128. The van der Waals surface area contributed by atoms with Crippen molar-refractivity contribution < 1.29 is 41.6 Å². The Morgan fingerprint density at radius 1 is 0.951 bits per heavy atom. The first-order valence-corrected chi connectivity index (χ1v) is 15.6. The third kappa shape index (κ3) is 17.0. The molecule has 0 heterocycles. The van der Waals surface area contributed by atoms with E-state index in [1.165, 1.54) is 6.92 Å². The third-order valence-electron chi connectivity index (χ3n) is 6.18. The molecule has 0 saturated heterocycles. The number of carbonyl (C=O) groups excluding carboxylic acids is 3. The van der Waals surface area contributed by atoms with Gasteiger partial charge in [0.25, 0.3) is 16.0 Å². The molecule has 41 heavy (non-hydrogen) atoms. The summed E-state index contributed by atoms with van der Waals surface area (Å²) in [7, 11) is -2.78. The van der Waals surface area contributed by atoms with Gasteiger partial charge in [0.2, 0.25) is 5.91 Å². The van der Waals surface area contributed by atoms with E-state index in [1.807, 2.05) is 13.0 Å². The first-order valence-electron chi connectivity index (χ1n) is 14.0. The number of amides is 2. The number of ketones is 1. The molecule has 0 aliphatic rings. The number of allylic oxidation sites excluding steroid dienone is 1. The van der Waals surface area contributed by atoms with Crippen LogP contribution in [-0.4, -0.2) is 100 Å². The van der Waals surface area contributed by atoms with Crippen molar-refractivity contribution in [2.45, 2.75) is 58.4 Å². The molecular weight excluding hydrogens is 552 g/mol. The maximum atomic E-state index is 12.8. The number of likely N-dealkylation sites (N-methyl/N-ethyl adjacent to an activating group) is 1. The van der Waals surface area contributed by atoms with E-state index in [1.54, 1.807) is 30.1 Å². The Morgan fingerprint density at radius 2 is 1.54 bits per heavy atom. The summed E-state index contributed by atoms with van der Waals surface area (Å²) < 4.78 is 48.8. The van der Waals surface area contributed by atoms with Gasteiger partial charge in [-0.05, 0) is 49.0 Å². The van der Waals surface area contributed by atoms with Gasteiger partial charge in [0.15, 0.2) is 5.78 Å². The number of Topliss-reactive ketones (excluding diaryl/α,β-unsaturated/α-hetero) is 1. The maximum absolute atomic E-state index is 12.8. The lowest BCUT2D eigenvalue weighted by atomic mass is 10.0. The SMILES string of the molecule is C=C(CCC)c1cccc(C(=O)N[C@@H](CS(=O)(=O)O)C(=O)CCCOCCOCCCCOCCN(C)C(C)=O)c1. The predicted molar refractivity (Wildman–Crippen MR) is 157 cm³/mol. The van der Waals surface area contributed by atoms with Crippen molar-refractivity contribution in [3.8, 4) is 0 Å². The summed E-state index contributed by atoms with van der Waals surface area (Å²) in [5, 5.41) is 2.45. The number of hydrogen-bond acceptors (Lipinski definition) is 8. The van der Waals surface area contributed by atoms with Crippen LogP contribution in [0.3, 0.4) is 0 Å². The highest BCUT2D eigenvalue weighted by Crippen LogP contribution is 2.19. The first-order chi connectivity index (χ1) is 19.4. The summed E-state index contributed by atoms with van der Waals surface area (Å²) in [6.45, 7) is 10.8. The van der Waals surface area contributed by atoms with Crippen LogP contribution in [0.1, 0.15) is 68.3 Å². The predicted octanol–water partition coefficient (Wildman–Crippen LogP) is 3.14. The summed E-state index contributed by atoms with van der Waals surface area (Å²) in [5.74, 6) is -2.03. The molecule has 2 amide bonds. The van der Waals surface area contributed by atoms with Gasteiger partial charge in [-0.15, -0.1) is 0 Å². The minimum Gasteiger partial charge on any atom is -0.380 e. The second-order valence-corrected chi connectivity index (χ2v) is 11.3. The molecule has 1 atom stereocenters. The van der Waals surface area contributed by atoms with Crippen molar-refractivity contribution in [2.75, 3.05) is 59.0 Å². The van der Waals surface area contributed by atoms with Crippen LogP contribution in [0.4, 0.5) is 0 Å². The normalized spacial score (nSPS) is 12.1. The Labute approximate surface area is 244 Å². The Balaban J connectivity index is 2.32. The van der Waals surface area contributed by atoms with Crippen LogP contribution in [0.5, 0.6) is 0 Å². The molecule has 0 radical (unpaired) electrons. The number of rotatable bonds is 23. The Morgan fingerprint density at radius 3 is 2.12 bits per heavy atom. The molecule has 0 bridgehead atoms. The molecule has 2 N–H and O–H groups in total. The van der Waals surface area contributed by atoms with E-state index in [0.29, 0.717) is 46.0 Å². The average molecular weight is 599 g/mol. The summed E-state index contributed by atoms with van der Waals surface area (Å²) in [4.78, 5) is 38.2. The number of hydrogen-bond donors (Lipinski definition) is 2. The van der Waals surface area contributed by atoms with Gasteiger partial charge in [0.05, 0.1) is 19.8 Å². The van der Waals surface area contributed by atoms with Crippen molar-refractivity contribution in [1.29, 1.82) is 0 Å². The van der Waals surface area contributed by atoms with Gasteiger partial charge in [-0.25, -0.2) is 0 Å². The molecule has 0 unspecified atom stereocenters. The molecule has 232 valence electrons. The molecule has 0 aliphatic carbocycles. The summed E-state index contributed by atoms with van der Waals surface area (Å²) in [6, 6.07) is 5.34. The van der Waals surface area contributed by atoms with E-state index in [0.717, 1.165) is 36.8 Å². The monoisotopic (exact) mass is 598 g/mol. The van der Waals surface area contributed by atoms with Gasteiger partial charge in [-0.1, -0.05) is 32.1 Å². The molecule has 0 spiro atoms. The fourth-order valence-corrected chi connectivity index (χ4v) is 4.40. The molecule has 1 rings (SSSR count). The van der Waals surface area contributed by atoms with Crippen LogP contribution >= 0.6 is 0 Å². The van der Waals surface area contributed by atoms with Gasteiger partial charge < -0.3 is 24.4 Å². The zero-order valence-corrected chi connectivity index (χ0v) is 25.4. The molecule has 1 aromatic carbocycles. The Hall–Kier alpha value is -2.64. The molecule has 1 aromatic rings. The number of benzene rings is 1. The minimum atomic E-state index is -4.51. The van der Waals surface area contributed by atoms with E-state index in [-0.39, 0.29) is 24.5 Å². The quantitative estimate of drug-likeness (QED) is 0.143. The number of unbranched alkanes of at least 4 members (excludes halogenated alkanes) is 1. The molecule has 0 aliphatic heterocycles. The van der Waals surface area contributed by atoms with Crippen LogP contribution in [-0.2, 0) is 33.9 Å². The zero-order valence-electron chi connectivity index (χ0n) is 24.6. The van der Waals surface area contributed by atoms with Crippen molar-refractivity contribution in [3.63, 3.8) is 0 Å². The van der Waals surface area contributed by atoms with Crippen molar-refractivity contribution >= 4 is 33.3 Å². The van der Waals surface area contributed by atoms with E-state index in [9.17, 15) is 27.4 Å². The number of carbonyl (C=O) groups is 3.